The molecule has 0 aromatic rings. The predicted molar refractivity (Wildman–Crippen MR) is 29.9 cm³/mol. The first kappa shape index (κ1) is 9.02. The average Bonchev–Trinajstić information content (AvgIpc) is 1.91. The number of rotatable bonds is 0. The van der Waals surface area contributed by atoms with Crippen LogP contribution in [0.4, 0.5) is 0 Å². The second kappa shape index (κ2) is 3.94. The SMILES string of the molecule is [NH-][C@H]1CCC[C@@H]1N.[Y]. The maximum absolute atomic E-state index is 7.21. The quantitative estimate of drug-likeness (QED) is 0.603. The van der Waals surface area contributed by atoms with E-state index in [1.54, 1.807) is 0 Å². The zero-order valence-corrected chi connectivity index (χ0v) is 7.77. The molecule has 0 heterocycles. The summed E-state index contributed by atoms with van der Waals surface area (Å²) >= 11 is 0. The molecule has 0 amide bonds. The molecule has 0 spiro atoms. The fourth-order valence-electron chi connectivity index (χ4n) is 0.989. The smallest absolute Gasteiger partial charge is 0 e. The van der Waals surface area contributed by atoms with E-state index in [1.165, 1.54) is 0 Å². The maximum Gasteiger partial charge on any atom is 0 e. The summed E-state index contributed by atoms with van der Waals surface area (Å²) < 4.78 is 0. The molecular formula is C5H11N2Y-. The summed E-state index contributed by atoms with van der Waals surface area (Å²) in [5, 5.41) is 0. The Kier molecular flexibility index (Phi) is 4.44. The van der Waals surface area contributed by atoms with E-state index in [-0.39, 0.29) is 44.8 Å². The molecule has 0 aromatic heterocycles. The molecule has 3 heteroatoms. The van der Waals surface area contributed by atoms with E-state index >= 15 is 0 Å². The van der Waals surface area contributed by atoms with Gasteiger partial charge in [0.15, 0.2) is 0 Å². The summed E-state index contributed by atoms with van der Waals surface area (Å²) in [6.45, 7) is 0. The zero-order valence-electron chi connectivity index (χ0n) is 4.93. The summed E-state index contributed by atoms with van der Waals surface area (Å²) in [6, 6.07) is 0.222. The zero-order chi connectivity index (χ0) is 5.28. The topological polar surface area (TPSA) is 49.8 Å². The molecule has 1 saturated carbocycles. The monoisotopic (exact) mass is 188 g/mol. The summed E-state index contributed by atoms with van der Waals surface area (Å²) in [7, 11) is 0. The van der Waals surface area contributed by atoms with Gasteiger partial charge in [-0.3, -0.25) is 0 Å². The van der Waals surface area contributed by atoms with Crippen LogP contribution in [0.15, 0.2) is 0 Å². The maximum atomic E-state index is 7.21. The third-order valence-corrected chi connectivity index (χ3v) is 1.57. The molecule has 0 saturated heterocycles. The summed E-state index contributed by atoms with van der Waals surface area (Å²) in [4.78, 5) is 0. The number of nitrogens with one attached hydrogen (secondary N) is 1. The molecule has 0 unspecified atom stereocenters. The molecule has 45 valence electrons. The van der Waals surface area contributed by atoms with E-state index in [0.717, 1.165) is 19.3 Å². The molecule has 1 rings (SSSR count). The molecular weight excluding hydrogens is 177 g/mol. The van der Waals surface area contributed by atoms with Gasteiger partial charge in [0.1, 0.15) is 0 Å². The van der Waals surface area contributed by atoms with E-state index in [1.807, 2.05) is 0 Å². The number of hydrogen-bond acceptors (Lipinski definition) is 1. The molecule has 3 N–H and O–H groups in total. The Hall–Kier alpha value is 1.02. The van der Waals surface area contributed by atoms with Crippen molar-refractivity contribution >= 4 is 0 Å². The van der Waals surface area contributed by atoms with Gasteiger partial charge in [0.2, 0.25) is 0 Å². The van der Waals surface area contributed by atoms with Crippen molar-refractivity contribution in [2.75, 3.05) is 0 Å². The molecule has 1 aliphatic carbocycles. The largest absolute Gasteiger partial charge is 0.673 e. The summed E-state index contributed by atoms with van der Waals surface area (Å²) in [5.41, 5.74) is 12.7. The van der Waals surface area contributed by atoms with E-state index in [9.17, 15) is 0 Å². The van der Waals surface area contributed by atoms with Crippen molar-refractivity contribution in [3.63, 3.8) is 0 Å². The van der Waals surface area contributed by atoms with Crippen LogP contribution >= 0.6 is 0 Å². The molecule has 2 nitrogen and oxygen atoms in total. The summed E-state index contributed by atoms with van der Waals surface area (Å²) in [5.74, 6) is 0. The first-order valence-electron chi connectivity index (χ1n) is 2.77. The number of hydrogen-bond donors (Lipinski definition) is 1. The molecule has 0 aliphatic heterocycles. The van der Waals surface area contributed by atoms with Gasteiger partial charge in [0.25, 0.3) is 0 Å². The fraction of sp³-hybridized carbons (Fsp3) is 1.00. The van der Waals surface area contributed by atoms with E-state index in [2.05, 4.69) is 0 Å². The standard InChI is InChI=1S/C5H11N2.Y/c6-4-2-1-3-5(4)7;/h4-6H,1-3,7H2;/q-1;/t4-,5-;/m0./s1. The Morgan fingerprint density at radius 3 is 2.12 bits per heavy atom. The van der Waals surface area contributed by atoms with Crippen LogP contribution in [0.1, 0.15) is 19.3 Å². The first-order chi connectivity index (χ1) is 3.30. The van der Waals surface area contributed by atoms with E-state index in [4.69, 9.17) is 11.5 Å². The summed E-state index contributed by atoms with van der Waals surface area (Å²) in [6.07, 6.45) is 3.24. The van der Waals surface area contributed by atoms with Crippen molar-refractivity contribution < 1.29 is 32.7 Å². The third-order valence-electron chi connectivity index (χ3n) is 1.57. The van der Waals surface area contributed by atoms with Crippen LogP contribution in [-0.2, 0) is 32.7 Å². The fourth-order valence-corrected chi connectivity index (χ4v) is 0.989. The number of nitrogens with two attached hydrogens (primary N) is 1. The van der Waals surface area contributed by atoms with Gasteiger partial charge in [-0.05, 0) is 12.5 Å². The van der Waals surface area contributed by atoms with Gasteiger partial charge in [0.05, 0.1) is 0 Å². The first-order valence-corrected chi connectivity index (χ1v) is 2.77. The second-order valence-corrected chi connectivity index (χ2v) is 2.20. The van der Waals surface area contributed by atoms with Gasteiger partial charge < -0.3 is 11.5 Å². The van der Waals surface area contributed by atoms with Crippen molar-refractivity contribution in [2.45, 2.75) is 31.3 Å². The third kappa shape index (κ3) is 2.10. The van der Waals surface area contributed by atoms with Crippen LogP contribution in [0.5, 0.6) is 0 Å². The minimum absolute atomic E-state index is 0. The molecule has 8 heavy (non-hydrogen) atoms. The Labute approximate surface area is 75.3 Å². The van der Waals surface area contributed by atoms with Crippen LogP contribution in [0.3, 0.4) is 0 Å². The minimum atomic E-state index is 0. The minimum Gasteiger partial charge on any atom is -0.673 e. The van der Waals surface area contributed by atoms with Crippen LogP contribution in [0.25, 0.3) is 5.73 Å². The molecule has 0 bridgehead atoms. The van der Waals surface area contributed by atoms with Crippen LogP contribution in [0, 0.1) is 0 Å². The van der Waals surface area contributed by atoms with Crippen LogP contribution in [0.2, 0.25) is 0 Å². The van der Waals surface area contributed by atoms with Gasteiger partial charge in [-0.2, -0.15) is 0 Å². The van der Waals surface area contributed by atoms with Gasteiger partial charge in [0, 0.05) is 32.7 Å². The molecule has 0 aromatic carbocycles. The van der Waals surface area contributed by atoms with Gasteiger partial charge in [-0.1, -0.05) is 12.8 Å². The Morgan fingerprint density at radius 1 is 1.38 bits per heavy atom. The Balaban J connectivity index is 0.000000490. The average molecular weight is 188 g/mol. The van der Waals surface area contributed by atoms with Crippen LogP contribution in [-0.4, -0.2) is 12.1 Å². The van der Waals surface area contributed by atoms with E-state index < -0.39 is 0 Å². The molecule has 1 fully saturated rings. The van der Waals surface area contributed by atoms with Crippen molar-refractivity contribution in [1.82, 2.24) is 0 Å². The predicted octanol–water partition coefficient (Wildman–Crippen LogP) is 0.916. The van der Waals surface area contributed by atoms with Gasteiger partial charge >= 0.3 is 0 Å². The van der Waals surface area contributed by atoms with Crippen LogP contribution < -0.4 is 5.73 Å². The normalized spacial score (nSPS) is 36.8. The van der Waals surface area contributed by atoms with Crippen molar-refractivity contribution in [2.24, 2.45) is 5.73 Å². The van der Waals surface area contributed by atoms with Crippen molar-refractivity contribution in [3.8, 4) is 0 Å². The van der Waals surface area contributed by atoms with E-state index in [0.29, 0.717) is 0 Å². The van der Waals surface area contributed by atoms with Gasteiger partial charge in [-0.15, -0.1) is 6.04 Å². The molecule has 1 radical (unpaired) electrons. The Bertz CT molecular complexity index is 59.4. The van der Waals surface area contributed by atoms with Crippen molar-refractivity contribution in [3.05, 3.63) is 5.73 Å². The Morgan fingerprint density at radius 2 is 2.00 bits per heavy atom. The second-order valence-electron chi connectivity index (χ2n) is 2.20. The molecule has 2 atom stereocenters. The molecule has 1 aliphatic rings. The van der Waals surface area contributed by atoms with Gasteiger partial charge in [-0.25, -0.2) is 0 Å². The van der Waals surface area contributed by atoms with Crippen molar-refractivity contribution in [1.29, 1.82) is 0 Å².